The van der Waals surface area contributed by atoms with E-state index in [4.69, 9.17) is 11.6 Å². The lowest BCUT2D eigenvalue weighted by molar-refractivity contribution is -0.127. The molecule has 0 aliphatic carbocycles. The first-order valence-corrected chi connectivity index (χ1v) is 12.8. The molecule has 2 heterocycles. The van der Waals surface area contributed by atoms with E-state index in [0.29, 0.717) is 22.2 Å². The summed E-state index contributed by atoms with van der Waals surface area (Å²) in [6, 6.07) is 9.51. The Bertz CT molecular complexity index is 1270. The van der Waals surface area contributed by atoms with Gasteiger partial charge in [0, 0.05) is 29.0 Å². The van der Waals surface area contributed by atoms with Gasteiger partial charge in [-0.1, -0.05) is 24.6 Å². The molecule has 3 amide bonds. The van der Waals surface area contributed by atoms with E-state index in [0.717, 1.165) is 45.5 Å². The molecule has 0 spiro atoms. The number of benzene rings is 2. The summed E-state index contributed by atoms with van der Waals surface area (Å²) in [5.41, 5.74) is 5.73. The van der Waals surface area contributed by atoms with Gasteiger partial charge in [-0.2, -0.15) is 0 Å². The molecular formula is C27H30ClN3O3S. The van der Waals surface area contributed by atoms with E-state index in [1.807, 2.05) is 38.1 Å². The van der Waals surface area contributed by atoms with E-state index in [1.54, 1.807) is 12.1 Å². The average Bonchev–Trinajstić information content (AvgIpc) is 3.03. The Balaban J connectivity index is 1.53. The highest BCUT2D eigenvalue weighted by molar-refractivity contribution is 8.18. The van der Waals surface area contributed by atoms with Crippen LogP contribution in [0.15, 0.2) is 35.2 Å². The minimum Gasteiger partial charge on any atom is -0.369 e. The van der Waals surface area contributed by atoms with Crippen molar-refractivity contribution in [2.24, 2.45) is 0 Å². The molecule has 1 N–H and O–H groups in total. The zero-order chi connectivity index (χ0) is 25.7. The van der Waals surface area contributed by atoms with Crippen molar-refractivity contribution in [1.82, 2.24) is 4.90 Å². The van der Waals surface area contributed by atoms with Crippen molar-refractivity contribution in [2.75, 3.05) is 23.8 Å². The van der Waals surface area contributed by atoms with Crippen LogP contribution in [0.2, 0.25) is 5.02 Å². The topological polar surface area (TPSA) is 69.7 Å². The van der Waals surface area contributed by atoms with Crippen LogP contribution in [0.3, 0.4) is 0 Å². The number of aryl methyl sites for hydroxylation is 2. The van der Waals surface area contributed by atoms with Crippen LogP contribution in [0.4, 0.5) is 16.2 Å². The molecule has 4 rings (SSSR count). The number of hydrogen-bond donors (Lipinski definition) is 1. The number of nitrogens with one attached hydrogen (secondary N) is 1. The Hall–Kier alpha value is -2.77. The van der Waals surface area contributed by atoms with Gasteiger partial charge in [0.05, 0.1) is 4.91 Å². The quantitative estimate of drug-likeness (QED) is 0.484. The summed E-state index contributed by atoms with van der Waals surface area (Å²) < 4.78 is 0. The molecular weight excluding hydrogens is 482 g/mol. The van der Waals surface area contributed by atoms with Crippen LogP contribution in [0.1, 0.15) is 55.4 Å². The fourth-order valence-electron chi connectivity index (χ4n) is 4.66. The number of halogens is 1. The zero-order valence-corrected chi connectivity index (χ0v) is 22.4. The van der Waals surface area contributed by atoms with Gasteiger partial charge in [0.15, 0.2) is 0 Å². The minimum absolute atomic E-state index is 0.0117. The van der Waals surface area contributed by atoms with Crippen molar-refractivity contribution in [3.8, 4) is 0 Å². The van der Waals surface area contributed by atoms with Crippen molar-refractivity contribution in [1.29, 1.82) is 0 Å². The van der Waals surface area contributed by atoms with Crippen LogP contribution in [0.25, 0.3) is 6.08 Å². The van der Waals surface area contributed by atoms with Gasteiger partial charge in [-0.3, -0.25) is 19.3 Å². The molecule has 2 aromatic rings. The standard InChI is InChI=1S/C27H30ClN3O3S/c1-15-7-8-19(9-16(15)2)29-24(32)14-31-25(33)23(35-26(31)34)11-18-10-20-17(3)13-27(4,5)30(6)22(20)12-21(18)28/h7-12,17H,13-14H2,1-6H3,(H,29,32)/b23-11+. The van der Waals surface area contributed by atoms with E-state index in [1.165, 1.54) is 0 Å². The largest absolute Gasteiger partial charge is 0.369 e. The number of imide groups is 1. The second-order valence-electron chi connectivity index (χ2n) is 10.0. The lowest BCUT2D eigenvalue weighted by atomic mass is 9.80. The first-order chi connectivity index (χ1) is 16.4. The Kier molecular flexibility index (Phi) is 6.77. The van der Waals surface area contributed by atoms with Crippen molar-refractivity contribution < 1.29 is 14.4 Å². The first kappa shape index (κ1) is 25.3. The third kappa shape index (κ3) is 4.98. The number of nitrogens with zero attached hydrogens (tertiary/aromatic N) is 2. The van der Waals surface area contributed by atoms with Crippen LogP contribution in [0, 0.1) is 13.8 Å². The molecule has 2 aliphatic heterocycles. The van der Waals surface area contributed by atoms with Crippen LogP contribution in [-0.2, 0) is 9.59 Å². The number of rotatable bonds is 4. The van der Waals surface area contributed by atoms with Crippen molar-refractivity contribution >= 4 is 57.9 Å². The van der Waals surface area contributed by atoms with Crippen LogP contribution in [-0.4, -0.2) is 41.1 Å². The number of anilines is 2. The predicted octanol–water partition coefficient (Wildman–Crippen LogP) is 6.35. The van der Waals surface area contributed by atoms with E-state index in [-0.39, 0.29) is 17.0 Å². The van der Waals surface area contributed by atoms with Gasteiger partial charge in [-0.15, -0.1) is 0 Å². The predicted molar refractivity (Wildman–Crippen MR) is 144 cm³/mol. The van der Waals surface area contributed by atoms with Gasteiger partial charge < -0.3 is 10.2 Å². The highest BCUT2D eigenvalue weighted by Crippen LogP contribution is 2.45. The van der Waals surface area contributed by atoms with E-state index in [2.05, 4.69) is 38.0 Å². The molecule has 2 aromatic carbocycles. The maximum atomic E-state index is 13.0. The number of fused-ring (bicyclic) bond motifs is 1. The van der Waals surface area contributed by atoms with Crippen molar-refractivity contribution in [3.63, 3.8) is 0 Å². The Morgan fingerprint density at radius 2 is 1.91 bits per heavy atom. The summed E-state index contributed by atoms with van der Waals surface area (Å²) in [6.45, 7) is 10.2. The number of amides is 3. The molecule has 6 nitrogen and oxygen atoms in total. The Morgan fingerprint density at radius 3 is 2.60 bits per heavy atom. The van der Waals surface area contributed by atoms with Gasteiger partial charge in [0.1, 0.15) is 6.54 Å². The van der Waals surface area contributed by atoms with Gasteiger partial charge in [0.2, 0.25) is 5.91 Å². The second-order valence-corrected chi connectivity index (χ2v) is 11.4. The fraction of sp³-hybridized carbons (Fsp3) is 0.370. The van der Waals surface area contributed by atoms with E-state index in [9.17, 15) is 14.4 Å². The van der Waals surface area contributed by atoms with Gasteiger partial charge >= 0.3 is 0 Å². The first-order valence-electron chi connectivity index (χ1n) is 11.6. The zero-order valence-electron chi connectivity index (χ0n) is 20.9. The molecule has 1 saturated heterocycles. The fourth-order valence-corrected chi connectivity index (χ4v) is 5.70. The van der Waals surface area contributed by atoms with Crippen molar-refractivity contribution in [2.45, 2.75) is 52.5 Å². The number of carbonyl (C=O) groups is 3. The van der Waals surface area contributed by atoms with Crippen LogP contribution < -0.4 is 10.2 Å². The Morgan fingerprint density at radius 1 is 1.20 bits per heavy atom. The molecule has 2 aliphatic rings. The van der Waals surface area contributed by atoms with Gasteiger partial charge in [0.25, 0.3) is 11.1 Å². The van der Waals surface area contributed by atoms with Gasteiger partial charge in [-0.25, -0.2) is 0 Å². The Labute approximate surface area is 215 Å². The minimum atomic E-state index is -0.490. The molecule has 0 saturated carbocycles. The third-order valence-electron chi connectivity index (χ3n) is 7.00. The second kappa shape index (κ2) is 9.36. The molecule has 0 bridgehead atoms. The molecule has 1 atom stereocenters. The molecule has 8 heteroatoms. The number of carbonyl (C=O) groups excluding carboxylic acids is 3. The SMILES string of the molecule is Cc1ccc(NC(=O)CN2C(=O)S/C(=C/c3cc4c(cc3Cl)N(C)C(C)(C)CC4C)C2=O)cc1C. The monoisotopic (exact) mass is 511 g/mol. The highest BCUT2D eigenvalue weighted by Gasteiger charge is 2.37. The lowest BCUT2D eigenvalue weighted by Gasteiger charge is -2.45. The molecule has 0 radical (unpaired) electrons. The third-order valence-corrected chi connectivity index (χ3v) is 8.24. The summed E-state index contributed by atoms with van der Waals surface area (Å²) in [5.74, 6) is -0.594. The summed E-state index contributed by atoms with van der Waals surface area (Å²) in [4.78, 5) is 41.6. The number of hydrogen-bond acceptors (Lipinski definition) is 5. The summed E-state index contributed by atoms with van der Waals surface area (Å²) in [6.07, 6.45) is 2.64. The summed E-state index contributed by atoms with van der Waals surface area (Å²) in [7, 11) is 2.06. The van der Waals surface area contributed by atoms with Gasteiger partial charge in [-0.05, 0) is 104 Å². The smallest absolute Gasteiger partial charge is 0.294 e. The maximum Gasteiger partial charge on any atom is 0.294 e. The molecule has 35 heavy (non-hydrogen) atoms. The normalized spacial score (nSPS) is 20.4. The number of thioether (sulfide) groups is 1. The highest BCUT2D eigenvalue weighted by atomic mass is 35.5. The molecule has 0 aromatic heterocycles. The molecule has 1 unspecified atom stereocenters. The molecule has 184 valence electrons. The van der Waals surface area contributed by atoms with Crippen molar-refractivity contribution in [3.05, 3.63) is 62.5 Å². The van der Waals surface area contributed by atoms with E-state index < -0.39 is 17.1 Å². The van der Waals surface area contributed by atoms with E-state index >= 15 is 0 Å². The summed E-state index contributed by atoms with van der Waals surface area (Å²) in [5, 5.41) is 2.80. The molecule has 1 fully saturated rings. The average molecular weight is 512 g/mol. The maximum absolute atomic E-state index is 13.0. The summed E-state index contributed by atoms with van der Waals surface area (Å²) >= 11 is 7.44. The van der Waals surface area contributed by atoms with Crippen LogP contribution in [0.5, 0.6) is 0 Å². The lowest BCUT2D eigenvalue weighted by Crippen LogP contribution is -2.45. The van der Waals surface area contributed by atoms with Crippen LogP contribution >= 0.6 is 23.4 Å².